The highest BCUT2D eigenvalue weighted by Crippen LogP contribution is 2.40. The van der Waals surface area contributed by atoms with Crippen LogP contribution in [0.1, 0.15) is 12.8 Å². The van der Waals surface area contributed by atoms with E-state index in [2.05, 4.69) is 10.3 Å². The second-order valence-corrected chi connectivity index (χ2v) is 11.5. The lowest BCUT2D eigenvalue weighted by Gasteiger charge is -2.21. The molecule has 1 N–H and O–H groups in total. The van der Waals surface area contributed by atoms with Gasteiger partial charge in [0.05, 0.1) is 28.0 Å². The second-order valence-electron chi connectivity index (χ2n) is 8.91. The summed E-state index contributed by atoms with van der Waals surface area (Å²) in [6, 6.07) is 20.4. The molecule has 0 aliphatic heterocycles. The molecule has 36 heavy (non-hydrogen) atoms. The molecule has 0 bridgehead atoms. The zero-order valence-corrected chi connectivity index (χ0v) is 20.6. The number of rotatable bonds is 6. The summed E-state index contributed by atoms with van der Waals surface area (Å²) in [5, 5.41) is 17.9. The number of aliphatic carboxylic acids is 1. The van der Waals surface area contributed by atoms with Gasteiger partial charge < -0.3 is 5.11 Å². The molecule has 5 rings (SSSR count). The molecule has 8 nitrogen and oxygen atoms in total. The van der Waals surface area contributed by atoms with Crippen molar-refractivity contribution in [2.24, 2.45) is 11.8 Å². The Morgan fingerprint density at radius 3 is 2.28 bits per heavy atom. The lowest BCUT2D eigenvalue weighted by atomic mass is 9.96. The Bertz CT molecular complexity index is 1600. The van der Waals surface area contributed by atoms with Crippen LogP contribution in [0, 0.1) is 11.8 Å². The first kappa shape index (κ1) is 24.1. The molecular formula is C26H22ClN3O5S. The number of nitrogens with zero attached hydrogens (tertiary/aromatic N) is 3. The zero-order chi connectivity index (χ0) is 25.4. The Morgan fingerprint density at radius 1 is 0.972 bits per heavy atom. The van der Waals surface area contributed by atoms with Crippen LogP contribution in [0.25, 0.3) is 22.0 Å². The van der Waals surface area contributed by atoms with Crippen molar-refractivity contribution in [3.63, 3.8) is 0 Å². The highest BCUT2D eigenvalue weighted by Gasteiger charge is 2.48. The topological polar surface area (TPSA) is 119 Å². The molecule has 4 aromatic rings. The molecule has 1 saturated carbocycles. The first-order valence-electron chi connectivity index (χ1n) is 11.4. The smallest absolute Gasteiger partial charge is 0.308 e. The van der Waals surface area contributed by atoms with Gasteiger partial charge in [0, 0.05) is 5.02 Å². The number of hydrogen-bond donors (Lipinski definition) is 1. The fourth-order valence-corrected chi connectivity index (χ4v) is 7.14. The molecular weight excluding hydrogens is 502 g/mol. The minimum atomic E-state index is -3.93. The third-order valence-electron chi connectivity index (χ3n) is 6.81. The number of carboxylic acid groups (broad SMARTS) is 1. The summed E-state index contributed by atoms with van der Waals surface area (Å²) < 4.78 is 28.1. The van der Waals surface area contributed by atoms with Crippen LogP contribution in [0.15, 0.2) is 82.5 Å². The van der Waals surface area contributed by atoms with Crippen LogP contribution in [0.2, 0.25) is 5.02 Å². The maximum Gasteiger partial charge on any atom is 0.308 e. The van der Waals surface area contributed by atoms with Crippen molar-refractivity contribution in [1.82, 2.24) is 15.0 Å². The van der Waals surface area contributed by atoms with E-state index in [1.807, 2.05) is 12.1 Å². The van der Waals surface area contributed by atoms with E-state index in [1.54, 1.807) is 48.5 Å². The number of fused-ring (bicyclic) bond motifs is 1. The van der Waals surface area contributed by atoms with E-state index in [0.717, 1.165) is 15.8 Å². The molecule has 1 aliphatic rings. The Labute approximate surface area is 212 Å². The van der Waals surface area contributed by atoms with E-state index >= 15 is 0 Å². The van der Waals surface area contributed by atoms with Gasteiger partial charge in [-0.15, -0.1) is 5.10 Å². The predicted molar refractivity (Wildman–Crippen MR) is 136 cm³/mol. The van der Waals surface area contributed by atoms with Crippen molar-refractivity contribution in [3.05, 3.63) is 88.2 Å². The van der Waals surface area contributed by atoms with Crippen LogP contribution >= 0.6 is 11.6 Å². The van der Waals surface area contributed by atoms with Crippen molar-refractivity contribution in [1.29, 1.82) is 0 Å². The second kappa shape index (κ2) is 9.48. The highest BCUT2D eigenvalue weighted by atomic mass is 35.5. The van der Waals surface area contributed by atoms with E-state index in [1.165, 1.54) is 12.1 Å². The lowest BCUT2D eigenvalue weighted by Crippen LogP contribution is -2.37. The van der Waals surface area contributed by atoms with Crippen molar-refractivity contribution in [2.45, 2.75) is 29.5 Å². The summed E-state index contributed by atoms with van der Waals surface area (Å²) in [6.07, 6.45) is 0.517. The Kier molecular flexibility index (Phi) is 6.36. The van der Waals surface area contributed by atoms with E-state index in [0.29, 0.717) is 22.3 Å². The summed E-state index contributed by atoms with van der Waals surface area (Å²) in [5.41, 5.74) is 1.77. The fraction of sp³-hybridized carbons (Fsp3) is 0.231. The van der Waals surface area contributed by atoms with E-state index in [-0.39, 0.29) is 23.4 Å². The number of hydrogen-bond acceptors (Lipinski definition) is 6. The number of aromatic nitrogens is 3. The standard InChI is InChI=1S/C26H22ClN3O5S/c27-19-10-5-16(6-11-19)17-7-12-20(13-8-17)36(34,35)23-14-9-18(24(23)26(32)33)15-30-25(31)21-3-1-2-4-22(21)28-29-30/h1-8,10-13,18,23-24H,9,14-15H2,(H,32,33)/t18-,23-,24-/m0/s1. The van der Waals surface area contributed by atoms with Gasteiger partial charge in [-0.05, 0) is 66.3 Å². The summed E-state index contributed by atoms with van der Waals surface area (Å²) in [6.45, 7) is -0.0187. The Morgan fingerprint density at radius 2 is 1.61 bits per heavy atom. The predicted octanol–water partition coefficient (Wildman–Crippen LogP) is 4.07. The minimum absolute atomic E-state index is 0.0187. The summed E-state index contributed by atoms with van der Waals surface area (Å²) in [5.74, 6) is -2.96. The third-order valence-corrected chi connectivity index (χ3v) is 9.32. The molecule has 10 heteroatoms. The van der Waals surface area contributed by atoms with Gasteiger partial charge in [0.25, 0.3) is 5.56 Å². The Balaban J connectivity index is 1.41. The number of carbonyl (C=O) groups is 1. The normalized spacial score (nSPS) is 20.0. The first-order chi connectivity index (χ1) is 17.3. The van der Waals surface area contributed by atoms with Crippen molar-refractivity contribution >= 4 is 38.3 Å². The molecule has 3 atom stereocenters. The van der Waals surface area contributed by atoms with Crippen LogP contribution in [0.5, 0.6) is 0 Å². The van der Waals surface area contributed by atoms with Gasteiger partial charge in [0.15, 0.2) is 9.84 Å². The van der Waals surface area contributed by atoms with Gasteiger partial charge in [0.2, 0.25) is 0 Å². The molecule has 1 aromatic heterocycles. The van der Waals surface area contributed by atoms with Crippen LogP contribution in [-0.4, -0.2) is 39.7 Å². The van der Waals surface area contributed by atoms with Crippen LogP contribution in [0.3, 0.4) is 0 Å². The van der Waals surface area contributed by atoms with Gasteiger partial charge in [-0.1, -0.05) is 53.2 Å². The monoisotopic (exact) mass is 523 g/mol. The molecule has 1 fully saturated rings. The number of sulfone groups is 1. The molecule has 1 aliphatic carbocycles. The quantitative estimate of drug-likeness (QED) is 0.404. The lowest BCUT2D eigenvalue weighted by molar-refractivity contribution is -0.143. The van der Waals surface area contributed by atoms with Crippen LogP contribution in [-0.2, 0) is 21.2 Å². The van der Waals surface area contributed by atoms with Gasteiger partial charge in [-0.2, -0.15) is 0 Å². The van der Waals surface area contributed by atoms with E-state index < -0.39 is 32.9 Å². The molecule has 0 spiro atoms. The Hall–Kier alpha value is -3.56. The third kappa shape index (κ3) is 4.40. The molecule has 0 amide bonds. The average molecular weight is 524 g/mol. The van der Waals surface area contributed by atoms with Crippen molar-refractivity contribution in [3.8, 4) is 11.1 Å². The van der Waals surface area contributed by atoms with Crippen LogP contribution in [0.4, 0.5) is 0 Å². The number of carboxylic acids is 1. The SMILES string of the molecule is O=C(O)[C@H]1[C@H](Cn2nnc3ccccc3c2=O)CC[C@@H]1S(=O)(=O)c1ccc(-c2ccc(Cl)cc2)cc1. The highest BCUT2D eigenvalue weighted by molar-refractivity contribution is 7.92. The molecule has 1 heterocycles. The largest absolute Gasteiger partial charge is 0.481 e. The maximum absolute atomic E-state index is 13.5. The molecule has 3 aromatic carbocycles. The van der Waals surface area contributed by atoms with Gasteiger partial charge in [0.1, 0.15) is 5.52 Å². The van der Waals surface area contributed by atoms with Crippen molar-refractivity contribution < 1.29 is 18.3 Å². The molecule has 0 radical (unpaired) electrons. The fourth-order valence-electron chi connectivity index (χ4n) is 4.97. The average Bonchev–Trinajstić information content (AvgIpc) is 3.31. The minimum Gasteiger partial charge on any atom is -0.481 e. The van der Waals surface area contributed by atoms with Gasteiger partial charge in [-0.3, -0.25) is 9.59 Å². The molecule has 0 unspecified atom stereocenters. The van der Waals surface area contributed by atoms with Gasteiger partial charge in [-0.25, -0.2) is 13.1 Å². The van der Waals surface area contributed by atoms with Gasteiger partial charge >= 0.3 is 5.97 Å². The summed E-state index contributed by atoms with van der Waals surface area (Å²) in [4.78, 5) is 25.2. The maximum atomic E-state index is 13.5. The summed E-state index contributed by atoms with van der Waals surface area (Å²) >= 11 is 5.94. The molecule has 184 valence electrons. The first-order valence-corrected chi connectivity index (χ1v) is 13.3. The number of halogens is 1. The summed E-state index contributed by atoms with van der Waals surface area (Å²) in [7, 11) is -3.93. The van der Waals surface area contributed by atoms with Crippen molar-refractivity contribution in [2.75, 3.05) is 0 Å². The molecule has 0 saturated heterocycles. The zero-order valence-electron chi connectivity index (χ0n) is 19.0. The number of benzene rings is 3. The van der Waals surface area contributed by atoms with E-state index in [9.17, 15) is 23.1 Å². The van der Waals surface area contributed by atoms with E-state index in [4.69, 9.17) is 11.6 Å². The van der Waals surface area contributed by atoms with Crippen LogP contribution < -0.4 is 5.56 Å².